The maximum atomic E-state index is 12.5. The molecule has 110 valence electrons. The molecule has 2 aliphatic rings. The van der Waals surface area contributed by atoms with Gasteiger partial charge in [-0.05, 0) is 32.6 Å². The van der Waals surface area contributed by atoms with Crippen LogP contribution in [0.1, 0.15) is 61.5 Å². The number of amides is 1. The Balaban J connectivity index is 1.84. The van der Waals surface area contributed by atoms with Gasteiger partial charge in [-0.15, -0.1) is 0 Å². The van der Waals surface area contributed by atoms with Crippen molar-refractivity contribution >= 4 is 5.91 Å². The topological polar surface area (TPSA) is 56.2 Å². The largest absolute Gasteiger partial charge is 0.369 e. The fourth-order valence-electron chi connectivity index (χ4n) is 3.42. The van der Waals surface area contributed by atoms with E-state index in [1.54, 1.807) is 4.68 Å². The summed E-state index contributed by atoms with van der Waals surface area (Å²) in [5, 5.41) is 7.61. The lowest BCUT2D eigenvalue weighted by Gasteiger charge is -2.33. The second kappa shape index (κ2) is 4.88. The van der Waals surface area contributed by atoms with Crippen LogP contribution < -0.4 is 5.32 Å². The van der Waals surface area contributed by atoms with Gasteiger partial charge in [-0.25, -0.2) is 0 Å². The van der Waals surface area contributed by atoms with Crippen molar-refractivity contribution < 1.29 is 9.53 Å². The molecule has 1 aliphatic heterocycles. The van der Waals surface area contributed by atoms with Crippen LogP contribution in [0.15, 0.2) is 0 Å². The first kappa shape index (κ1) is 13.6. The maximum Gasteiger partial charge on any atom is 0.270 e. The van der Waals surface area contributed by atoms with E-state index in [1.165, 1.54) is 0 Å². The normalized spacial score (nSPS) is 32.4. The van der Waals surface area contributed by atoms with Crippen molar-refractivity contribution in [1.82, 2.24) is 15.1 Å². The molecule has 2 heterocycles. The highest BCUT2D eigenvalue weighted by Gasteiger charge is 2.33. The number of carbonyl (C=O) groups is 1. The average molecular weight is 277 g/mol. The maximum absolute atomic E-state index is 12.5. The summed E-state index contributed by atoms with van der Waals surface area (Å²) in [7, 11) is 1.84. The monoisotopic (exact) mass is 277 g/mol. The third-order valence-corrected chi connectivity index (χ3v) is 4.41. The zero-order chi connectivity index (χ0) is 14.4. The smallest absolute Gasteiger partial charge is 0.270 e. The molecule has 0 saturated heterocycles. The fraction of sp³-hybridized carbons (Fsp3) is 0.733. The third-order valence-electron chi connectivity index (χ3n) is 4.41. The first-order chi connectivity index (χ1) is 9.45. The summed E-state index contributed by atoms with van der Waals surface area (Å²) in [6.07, 6.45) is 3.03. The lowest BCUT2D eigenvalue weighted by molar-refractivity contribution is -0.00710. The Kier molecular flexibility index (Phi) is 3.32. The van der Waals surface area contributed by atoms with Gasteiger partial charge >= 0.3 is 0 Å². The van der Waals surface area contributed by atoms with Gasteiger partial charge in [0.1, 0.15) is 5.69 Å². The zero-order valence-electron chi connectivity index (χ0n) is 12.6. The number of nitrogens with zero attached hydrogens (tertiary/aromatic N) is 2. The van der Waals surface area contributed by atoms with Gasteiger partial charge in [-0.2, -0.15) is 5.10 Å². The second-order valence-corrected chi connectivity index (χ2v) is 6.38. The summed E-state index contributed by atoms with van der Waals surface area (Å²) in [6, 6.07) is 0.331. The number of hydrogen-bond donors (Lipinski definition) is 1. The minimum Gasteiger partial charge on any atom is -0.369 e. The van der Waals surface area contributed by atoms with Crippen molar-refractivity contribution in [3.05, 3.63) is 17.0 Å². The number of aryl methyl sites for hydroxylation is 1. The van der Waals surface area contributed by atoms with Gasteiger partial charge in [0.05, 0.1) is 17.9 Å². The predicted molar refractivity (Wildman–Crippen MR) is 75.5 cm³/mol. The molecule has 0 unspecified atom stereocenters. The van der Waals surface area contributed by atoms with Crippen molar-refractivity contribution in [1.29, 1.82) is 0 Å². The van der Waals surface area contributed by atoms with E-state index >= 15 is 0 Å². The van der Waals surface area contributed by atoms with Crippen LogP contribution in [0.3, 0.4) is 0 Å². The van der Waals surface area contributed by atoms with Crippen LogP contribution >= 0.6 is 0 Å². The Morgan fingerprint density at radius 1 is 1.35 bits per heavy atom. The van der Waals surface area contributed by atoms with E-state index in [9.17, 15) is 4.79 Å². The van der Waals surface area contributed by atoms with Gasteiger partial charge in [-0.3, -0.25) is 9.48 Å². The molecule has 1 aromatic heterocycles. The van der Waals surface area contributed by atoms with Crippen molar-refractivity contribution in [2.24, 2.45) is 13.0 Å². The Bertz CT molecular complexity index is 531. The summed E-state index contributed by atoms with van der Waals surface area (Å²) in [4.78, 5) is 12.5. The number of nitrogens with one attached hydrogen (secondary N) is 1. The van der Waals surface area contributed by atoms with Gasteiger partial charge < -0.3 is 10.1 Å². The predicted octanol–water partition coefficient (Wildman–Crippen LogP) is 1.97. The number of ether oxygens (including phenoxy) is 1. The van der Waals surface area contributed by atoms with Crippen LogP contribution in [-0.2, 0) is 18.2 Å². The van der Waals surface area contributed by atoms with Gasteiger partial charge in [0.25, 0.3) is 5.91 Å². The van der Waals surface area contributed by atoms with E-state index in [0.717, 1.165) is 36.4 Å². The van der Waals surface area contributed by atoms with Gasteiger partial charge in [-0.1, -0.05) is 6.92 Å². The molecular formula is C15H23N3O2. The summed E-state index contributed by atoms with van der Waals surface area (Å²) in [6.45, 7) is 6.26. The Morgan fingerprint density at radius 3 is 2.70 bits per heavy atom. The molecule has 3 rings (SSSR count). The minimum atomic E-state index is -0.0368. The van der Waals surface area contributed by atoms with E-state index in [2.05, 4.69) is 17.3 Å². The SMILES string of the molecule is CC1CC(NC(=O)c2c3c(nn2C)[C@H](C)O[C@H](C)C3)C1. The molecular weight excluding hydrogens is 254 g/mol. The lowest BCUT2D eigenvalue weighted by atomic mass is 9.82. The van der Waals surface area contributed by atoms with Crippen LogP contribution in [0.5, 0.6) is 0 Å². The number of fused-ring (bicyclic) bond motifs is 1. The molecule has 20 heavy (non-hydrogen) atoms. The summed E-state index contributed by atoms with van der Waals surface area (Å²) in [5.41, 5.74) is 2.68. The highest BCUT2D eigenvalue weighted by Crippen LogP contribution is 2.32. The zero-order valence-corrected chi connectivity index (χ0v) is 12.6. The Hall–Kier alpha value is -1.36. The standard InChI is InChI=1S/C15H23N3O2/c1-8-5-11(6-8)16-15(19)14-12-7-9(2)20-10(3)13(12)17-18(14)4/h8-11H,5-7H2,1-4H3,(H,16,19)/t8?,9-,10+,11?/m1/s1. The van der Waals surface area contributed by atoms with Gasteiger partial charge in [0.15, 0.2) is 0 Å². The molecule has 0 spiro atoms. The van der Waals surface area contributed by atoms with Crippen molar-refractivity contribution in [2.45, 2.75) is 58.3 Å². The number of carbonyl (C=O) groups excluding carboxylic acids is 1. The molecule has 1 amide bonds. The van der Waals surface area contributed by atoms with Crippen LogP contribution in [0.25, 0.3) is 0 Å². The van der Waals surface area contributed by atoms with Crippen LogP contribution in [-0.4, -0.2) is 27.8 Å². The lowest BCUT2D eigenvalue weighted by Crippen LogP contribution is -2.44. The van der Waals surface area contributed by atoms with Crippen LogP contribution in [0.2, 0.25) is 0 Å². The molecule has 5 heteroatoms. The first-order valence-electron chi connectivity index (χ1n) is 7.47. The van der Waals surface area contributed by atoms with Gasteiger partial charge in [0.2, 0.25) is 0 Å². The van der Waals surface area contributed by atoms with E-state index in [0.29, 0.717) is 11.7 Å². The molecule has 5 nitrogen and oxygen atoms in total. The van der Waals surface area contributed by atoms with E-state index in [1.807, 2.05) is 20.9 Å². The van der Waals surface area contributed by atoms with Gasteiger partial charge in [0, 0.05) is 25.1 Å². The van der Waals surface area contributed by atoms with Crippen molar-refractivity contribution in [2.75, 3.05) is 0 Å². The summed E-state index contributed by atoms with van der Waals surface area (Å²) in [5.74, 6) is 0.744. The molecule has 1 fully saturated rings. The minimum absolute atomic E-state index is 0.0134. The van der Waals surface area contributed by atoms with Crippen LogP contribution in [0, 0.1) is 5.92 Å². The molecule has 1 saturated carbocycles. The highest BCUT2D eigenvalue weighted by atomic mass is 16.5. The van der Waals surface area contributed by atoms with E-state index in [-0.39, 0.29) is 18.1 Å². The Labute approximate surface area is 119 Å². The molecule has 1 aliphatic carbocycles. The quantitative estimate of drug-likeness (QED) is 0.899. The third kappa shape index (κ3) is 2.24. The molecule has 0 radical (unpaired) electrons. The molecule has 1 aromatic rings. The fourth-order valence-corrected chi connectivity index (χ4v) is 3.42. The Morgan fingerprint density at radius 2 is 2.05 bits per heavy atom. The average Bonchev–Trinajstić information content (AvgIpc) is 2.64. The van der Waals surface area contributed by atoms with Crippen LogP contribution in [0.4, 0.5) is 0 Å². The van der Waals surface area contributed by atoms with E-state index < -0.39 is 0 Å². The first-order valence-corrected chi connectivity index (χ1v) is 7.47. The summed E-state index contributed by atoms with van der Waals surface area (Å²) < 4.78 is 7.49. The number of hydrogen-bond acceptors (Lipinski definition) is 3. The second-order valence-electron chi connectivity index (χ2n) is 6.38. The number of aromatic nitrogens is 2. The number of rotatable bonds is 2. The van der Waals surface area contributed by atoms with Crippen molar-refractivity contribution in [3.8, 4) is 0 Å². The molecule has 0 aromatic carbocycles. The molecule has 1 N–H and O–H groups in total. The molecule has 2 atom stereocenters. The van der Waals surface area contributed by atoms with E-state index in [4.69, 9.17) is 4.74 Å². The highest BCUT2D eigenvalue weighted by molar-refractivity contribution is 5.94. The molecule has 0 bridgehead atoms. The van der Waals surface area contributed by atoms with Crippen molar-refractivity contribution in [3.63, 3.8) is 0 Å². The summed E-state index contributed by atoms with van der Waals surface area (Å²) >= 11 is 0.